The fourth-order valence-corrected chi connectivity index (χ4v) is 4.39. The third-order valence-corrected chi connectivity index (χ3v) is 6.68. The monoisotopic (exact) mass is 593 g/mol. The zero-order valence-corrected chi connectivity index (χ0v) is 24.6. The fourth-order valence-electron chi connectivity index (χ4n) is 4.39. The van der Waals surface area contributed by atoms with Gasteiger partial charge in [-0.1, -0.05) is 33.8 Å². The first-order chi connectivity index (χ1) is 19.8. The quantitative estimate of drug-likeness (QED) is 0.276. The van der Waals surface area contributed by atoms with Crippen LogP contribution in [0.3, 0.4) is 0 Å². The van der Waals surface area contributed by atoms with Crippen molar-refractivity contribution >= 4 is 29.7 Å². The van der Waals surface area contributed by atoms with Crippen LogP contribution in [0.15, 0.2) is 30.4 Å². The highest BCUT2D eigenvalue weighted by Gasteiger charge is 2.31. The fraction of sp³-hybridized carbons (Fsp3) is 0.552. The van der Waals surface area contributed by atoms with Crippen molar-refractivity contribution in [3.8, 4) is 0 Å². The molecule has 1 heterocycles. The molecule has 1 aromatic rings. The Balaban J connectivity index is 2.21. The summed E-state index contributed by atoms with van der Waals surface area (Å²) in [5, 5.41) is 13.3. The number of benzene rings is 1. The first-order valence-electron chi connectivity index (χ1n) is 14.0. The topological polar surface area (TPSA) is 155 Å². The molecule has 5 N–H and O–H groups in total. The maximum atomic E-state index is 13.8. The zero-order chi connectivity index (χ0) is 31.4. The Hall–Kier alpha value is -4.03. The SMILES string of the molecule is COC(=O)[C@@H](NC(=O)N[C@H](C(=O)N[C@H]1CCCCNC(=O)/C=C\[C@H](Cc2cc(F)cc(F)c2)NC1=O)C(C)C)C(C)C. The van der Waals surface area contributed by atoms with Crippen LogP contribution in [0.2, 0.25) is 0 Å². The summed E-state index contributed by atoms with van der Waals surface area (Å²) in [4.78, 5) is 63.6. The van der Waals surface area contributed by atoms with Crippen molar-refractivity contribution in [1.29, 1.82) is 0 Å². The van der Waals surface area contributed by atoms with Crippen molar-refractivity contribution in [1.82, 2.24) is 26.6 Å². The van der Waals surface area contributed by atoms with Crippen LogP contribution >= 0.6 is 0 Å². The lowest BCUT2D eigenvalue weighted by Crippen LogP contribution is -2.59. The number of halogens is 2. The first-order valence-corrected chi connectivity index (χ1v) is 14.0. The predicted molar refractivity (Wildman–Crippen MR) is 151 cm³/mol. The molecule has 0 saturated heterocycles. The second kappa shape index (κ2) is 16.4. The van der Waals surface area contributed by atoms with Gasteiger partial charge in [-0.15, -0.1) is 0 Å². The maximum absolute atomic E-state index is 13.8. The van der Waals surface area contributed by atoms with E-state index in [0.717, 1.165) is 18.2 Å². The van der Waals surface area contributed by atoms with E-state index in [9.17, 15) is 32.8 Å². The molecule has 0 unspecified atom stereocenters. The highest BCUT2D eigenvalue weighted by Crippen LogP contribution is 2.13. The molecule has 5 amide bonds. The molecule has 13 heteroatoms. The first kappa shape index (κ1) is 34.2. The van der Waals surface area contributed by atoms with Crippen LogP contribution in [0, 0.1) is 23.5 Å². The Morgan fingerprint density at radius 3 is 2.19 bits per heavy atom. The molecule has 1 aromatic carbocycles. The van der Waals surface area contributed by atoms with Gasteiger partial charge in [-0.25, -0.2) is 18.4 Å². The lowest BCUT2D eigenvalue weighted by Gasteiger charge is -2.27. The van der Waals surface area contributed by atoms with Crippen molar-refractivity contribution in [3.05, 3.63) is 47.5 Å². The number of esters is 1. The molecule has 1 aliphatic rings. The van der Waals surface area contributed by atoms with Crippen LogP contribution in [0.4, 0.5) is 13.6 Å². The molecular formula is C29H41F2N5O6. The van der Waals surface area contributed by atoms with E-state index in [-0.39, 0.29) is 36.1 Å². The van der Waals surface area contributed by atoms with Gasteiger partial charge in [0.2, 0.25) is 17.7 Å². The van der Waals surface area contributed by atoms with Gasteiger partial charge in [0.25, 0.3) is 0 Å². The number of hydrogen-bond acceptors (Lipinski definition) is 6. The smallest absolute Gasteiger partial charge is 0.328 e. The Morgan fingerprint density at radius 1 is 0.976 bits per heavy atom. The summed E-state index contributed by atoms with van der Waals surface area (Å²) < 4.78 is 32.3. The molecule has 0 fully saturated rings. The van der Waals surface area contributed by atoms with E-state index in [1.54, 1.807) is 27.7 Å². The Morgan fingerprint density at radius 2 is 1.60 bits per heavy atom. The minimum atomic E-state index is -1.05. The van der Waals surface area contributed by atoms with E-state index >= 15 is 0 Å². The Bertz CT molecular complexity index is 1140. The summed E-state index contributed by atoms with van der Waals surface area (Å²) >= 11 is 0. The summed E-state index contributed by atoms with van der Waals surface area (Å²) in [6.45, 7) is 7.24. The van der Waals surface area contributed by atoms with Crippen LogP contribution in [0.1, 0.15) is 52.5 Å². The summed E-state index contributed by atoms with van der Waals surface area (Å²) in [5.41, 5.74) is 0.261. The maximum Gasteiger partial charge on any atom is 0.328 e. The lowest BCUT2D eigenvalue weighted by molar-refractivity contribution is -0.144. The van der Waals surface area contributed by atoms with Crippen LogP contribution in [-0.2, 0) is 30.3 Å². The molecule has 232 valence electrons. The highest BCUT2D eigenvalue weighted by molar-refractivity contribution is 5.93. The predicted octanol–water partition coefficient (Wildman–Crippen LogP) is 1.85. The van der Waals surface area contributed by atoms with E-state index in [0.29, 0.717) is 19.4 Å². The molecule has 11 nitrogen and oxygen atoms in total. The van der Waals surface area contributed by atoms with Gasteiger partial charge in [0.05, 0.1) is 13.2 Å². The molecule has 0 aromatic heterocycles. The third kappa shape index (κ3) is 11.1. The average Bonchev–Trinajstić information content (AvgIpc) is 2.90. The molecule has 0 aliphatic carbocycles. The number of carbonyl (C=O) groups is 5. The van der Waals surface area contributed by atoms with Gasteiger partial charge < -0.3 is 31.3 Å². The van der Waals surface area contributed by atoms with Crippen LogP contribution in [-0.4, -0.2) is 67.5 Å². The molecule has 42 heavy (non-hydrogen) atoms. The Labute approximate surface area is 244 Å². The van der Waals surface area contributed by atoms with Crippen LogP contribution in [0.5, 0.6) is 0 Å². The number of rotatable bonds is 9. The minimum absolute atomic E-state index is 0.0155. The van der Waals surface area contributed by atoms with Gasteiger partial charge in [-0.3, -0.25) is 14.4 Å². The van der Waals surface area contributed by atoms with Crippen molar-refractivity contribution in [2.45, 2.75) is 77.5 Å². The van der Waals surface area contributed by atoms with Crippen molar-refractivity contribution in [2.75, 3.05) is 13.7 Å². The molecule has 0 saturated carbocycles. The van der Waals surface area contributed by atoms with Crippen molar-refractivity contribution in [3.63, 3.8) is 0 Å². The van der Waals surface area contributed by atoms with E-state index in [1.165, 1.54) is 19.3 Å². The third-order valence-electron chi connectivity index (χ3n) is 6.68. The lowest BCUT2D eigenvalue weighted by atomic mass is 10.0. The molecule has 0 bridgehead atoms. The molecule has 4 atom stereocenters. The van der Waals surface area contributed by atoms with Crippen LogP contribution < -0.4 is 26.6 Å². The molecule has 0 radical (unpaired) electrons. The van der Waals surface area contributed by atoms with E-state index in [1.807, 2.05) is 0 Å². The van der Waals surface area contributed by atoms with Gasteiger partial charge in [-0.2, -0.15) is 0 Å². The number of urea groups is 1. The van der Waals surface area contributed by atoms with Crippen molar-refractivity contribution in [2.24, 2.45) is 11.8 Å². The second-order valence-electron chi connectivity index (χ2n) is 10.9. The Kier molecular flexibility index (Phi) is 13.4. The number of carbonyl (C=O) groups excluding carboxylic acids is 5. The zero-order valence-electron chi connectivity index (χ0n) is 24.6. The summed E-state index contributed by atoms with van der Waals surface area (Å²) in [7, 11) is 1.21. The molecular weight excluding hydrogens is 552 g/mol. The van der Waals surface area contributed by atoms with Gasteiger partial charge in [0.15, 0.2) is 0 Å². The van der Waals surface area contributed by atoms with Crippen LogP contribution in [0.25, 0.3) is 0 Å². The standard InChI is InChI=1S/C29H41F2N5O6/c1-16(2)24(35-29(41)36-25(17(3)4)28(40)42-5)27(39)34-22-8-6-7-11-32-23(37)10-9-21(33-26(22)38)14-18-12-19(30)15-20(31)13-18/h9-10,12-13,15-17,21-22,24-25H,6-8,11,14H2,1-5H3,(H,32,37)(H,33,38)(H,34,39)(H2,35,36,41)/b10-9-/t21-,22+,24+,25+/m1/s1. The molecule has 2 rings (SSSR count). The largest absolute Gasteiger partial charge is 0.467 e. The summed E-state index contributed by atoms with van der Waals surface area (Å²) in [6, 6.07) is -1.56. The second-order valence-corrected chi connectivity index (χ2v) is 10.9. The number of methoxy groups -OCH3 is 1. The van der Waals surface area contributed by atoms with E-state index < -0.39 is 59.6 Å². The van der Waals surface area contributed by atoms with Gasteiger partial charge in [0.1, 0.15) is 29.8 Å². The van der Waals surface area contributed by atoms with E-state index in [4.69, 9.17) is 4.74 Å². The van der Waals surface area contributed by atoms with Crippen molar-refractivity contribution < 1.29 is 37.5 Å². The average molecular weight is 594 g/mol. The number of ether oxygens (including phenoxy) is 1. The van der Waals surface area contributed by atoms with Gasteiger partial charge in [-0.05, 0) is 55.2 Å². The van der Waals surface area contributed by atoms with Gasteiger partial charge >= 0.3 is 12.0 Å². The summed E-state index contributed by atoms with van der Waals surface area (Å²) in [6.07, 6.45) is 3.91. The van der Waals surface area contributed by atoms with E-state index in [2.05, 4.69) is 26.6 Å². The highest BCUT2D eigenvalue weighted by atomic mass is 19.1. The molecule has 1 aliphatic heterocycles. The number of hydrogen-bond donors (Lipinski definition) is 5. The molecule has 0 spiro atoms. The number of amides is 5. The summed E-state index contributed by atoms with van der Waals surface area (Å²) in [5.74, 6) is -4.39. The van der Waals surface area contributed by atoms with Gasteiger partial charge in [0, 0.05) is 18.7 Å². The number of nitrogens with one attached hydrogen (secondary N) is 5. The minimum Gasteiger partial charge on any atom is -0.467 e. The normalized spacial score (nSPS) is 20.2.